The zero-order chi connectivity index (χ0) is 24.1. The summed E-state index contributed by atoms with van der Waals surface area (Å²) in [4.78, 5) is 38.5. The molecule has 0 radical (unpaired) electrons. The summed E-state index contributed by atoms with van der Waals surface area (Å²) >= 11 is 0. The molecule has 174 valence electrons. The normalized spacial score (nSPS) is 30.2. The van der Waals surface area contributed by atoms with Gasteiger partial charge in [-0.2, -0.15) is 0 Å². The molecule has 0 aromatic heterocycles. The van der Waals surface area contributed by atoms with Crippen LogP contribution in [0.5, 0.6) is 0 Å². The van der Waals surface area contributed by atoms with E-state index in [-0.39, 0.29) is 17.5 Å². The fourth-order valence-corrected chi connectivity index (χ4v) is 6.18. The fourth-order valence-electron chi connectivity index (χ4n) is 6.18. The maximum Gasteiger partial charge on any atom is 0.337 e. The smallest absolute Gasteiger partial charge is 0.337 e. The van der Waals surface area contributed by atoms with Crippen LogP contribution in [0.2, 0.25) is 0 Å². The molecule has 5 unspecified atom stereocenters. The number of esters is 1. The third kappa shape index (κ3) is 3.71. The van der Waals surface area contributed by atoms with Crippen molar-refractivity contribution in [2.24, 2.45) is 22.5 Å². The molecule has 33 heavy (non-hydrogen) atoms. The zero-order valence-electron chi connectivity index (χ0n) is 19.5. The lowest BCUT2D eigenvalue weighted by atomic mass is 9.48. The van der Waals surface area contributed by atoms with E-state index >= 15 is 0 Å². The number of aliphatic hydroxyl groups is 1. The Labute approximate surface area is 194 Å². The van der Waals surface area contributed by atoms with E-state index in [9.17, 15) is 19.5 Å². The predicted octanol–water partition coefficient (Wildman–Crippen LogP) is 3.37. The van der Waals surface area contributed by atoms with Crippen molar-refractivity contribution in [1.29, 1.82) is 0 Å². The molecule has 0 saturated carbocycles. The monoisotopic (exact) mass is 449 g/mol. The van der Waals surface area contributed by atoms with Gasteiger partial charge < -0.3 is 15.6 Å². The van der Waals surface area contributed by atoms with Crippen LogP contribution in [0.25, 0.3) is 0 Å². The first-order chi connectivity index (χ1) is 15.5. The number of nitrogens with two attached hydrogens (primary N) is 1. The molecule has 0 aliphatic heterocycles. The Bertz CT molecular complexity index is 1100. The molecule has 0 amide bonds. The number of fused-ring (bicyclic) bond motifs is 1. The first-order valence-electron chi connectivity index (χ1n) is 11.3. The number of ketones is 2. The van der Waals surface area contributed by atoms with Gasteiger partial charge in [0, 0.05) is 16.6 Å². The van der Waals surface area contributed by atoms with Crippen molar-refractivity contribution in [1.82, 2.24) is 0 Å². The third-order valence-corrected chi connectivity index (χ3v) is 7.79. The highest BCUT2D eigenvalue weighted by molar-refractivity contribution is 6.21. The number of carbonyl (C=O) groups excluding carboxylic acids is 3. The molecule has 5 atom stereocenters. The SMILES string of the molecule is CC1=CCC2C(C)(C)C3=C(CC2(C)C1OC(=O)C(O)C(N)c1ccccc1)C(=O)C=CC3=O. The molecule has 0 fully saturated rings. The lowest BCUT2D eigenvalue weighted by Gasteiger charge is -2.56. The minimum atomic E-state index is -1.53. The van der Waals surface area contributed by atoms with Crippen molar-refractivity contribution in [3.05, 3.63) is 70.8 Å². The minimum absolute atomic E-state index is 0.0339. The number of benzene rings is 1. The molecule has 0 spiro atoms. The lowest BCUT2D eigenvalue weighted by molar-refractivity contribution is -0.170. The number of rotatable bonds is 4. The van der Waals surface area contributed by atoms with Crippen LogP contribution in [0.4, 0.5) is 0 Å². The molecule has 0 bridgehead atoms. The van der Waals surface area contributed by atoms with Crippen molar-refractivity contribution in [3.8, 4) is 0 Å². The number of allylic oxidation sites excluding steroid dienone is 5. The summed E-state index contributed by atoms with van der Waals surface area (Å²) in [6.45, 7) is 7.88. The van der Waals surface area contributed by atoms with Crippen LogP contribution in [-0.4, -0.2) is 34.9 Å². The Morgan fingerprint density at radius 2 is 1.76 bits per heavy atom. The Hall–Kier alpha value is -2.83. The number of hydrogen-bond acceptors (Lipinski definition) is 6. The van der Waals surface area contributed by atoms with Gasteiger partial charge in [0.15, 0.2) is 17.7 Å². The van der Waals surface area contributed by atoms with Gasteiger partial charge in [-0.1, -0.05) is 57.2 Å². The highest BCUT2D eigenvalue weighted by atomic mass is 16.6. The highest BCUT2D eigenvalue weighted by Gasteiger charge is 2.58. The first-order valence-corrected chi connectivity index (χ1v) is 11.3. The molecule has 1 aromatic rings. The van der Waals surface area contributed by atoms with Gasteiger partial charge in [0.1, 0.15) is 6.10 Å². The Balaban J connectivity index is 1.66. The quantitative estimate of drug-likeness (QED) is 0.415. The van der Waals surface area contributed by atoms with Crippen LogP contribution in [0, 0.1) is 16.7 Å². The average molecular weight is 450 g/mol. The van der Waals surface area contributed by atoms with Crippen LogP contribution < -0.4 is 5.73 Å². The van der Waals surface area contributed by atoms with E-state index in [0.717, 1.165) is 5.57 Å². The number of ether oxygens (including phenoxy) is 1. The number of carbonyl (C=O) groups is 3. The van der Waals surface area contributed by atoms with Gasteiger partial charge in [-0.3, -0.25) is 9.59 Å². The fraction of sp³-hybridized carbons (Fsp3) is 0.444. The molecule has 4 rings (SSSR count). The maximum atomic E-state index is 13.0. The van der Waals surface area contributed by atoms with Crippen LogP contribution >= 0.6 is 0 Å². The number of aliphatic hydroxyl groups excluding tert-OH is 1. The van der Waals surface area contributed by atoms with E-state index < -0.39 is 35.0 Å². The summed E-state index contributed by atoms with van der Waals surface area (Å²) in [5.74, 6) is -1.12. The molecule has 3 aliphatic carbocycles. The second-order valence-corrected chi connectivity index (χ2v) is 10.3. The Kier molecular flexibility index (Phi) is 5.79. The van der Waals surface area contributed by atoms with Gasteiger partial charge in [-0.05, 0) is 54.4 Å². The van der Waals surface area contributed by atoms with Gasteiger partial charge in [0.05, 0.1) is 6.04 Å². The van der Waals surface area contributed by atoms with E-state index in [2.05, 4.69) is 0 Å². The standard InChI is InChI=1S/C27H31NO5/c1-15-10-13-20-26(2,3)21-17(18(29)11-12-19(21)30)14-27(20,4)24(15)33-25(32)23(31)22(28)16-8-6-5-7-9-16/h5-12,20,22-24,31H,13-14,28H2,1-4H3. The van der Waals surface area contributed by atoms with Gasteiger partial charge in [-0.25, -0.2) is 4.79 Å². The van der Waals surface area contributed by atoms with E-state index in [0.29, 0.717) is 29.6 Å². The molecule has 6 nitrogen and oxygen atoms in total. The molecular weight excluding hydrogens is 418 g/mol. The van der Waals surface area contributed by atoms with Gasteiger partial charge in [-0.15, -0.1) is 0 Å². The van der Waals surface area contributed by atoms with Crippen LogP contribution in [0.15, 0.2) is 65.3 Å². The molecule has 3 aliphatic rings. The summed E-state index contributed by atoms with van der Waals surface area (Å²) in [5, 5.41) is 10.7. The molecule has 3 N–H and O–H groups in total. The molecule has 0 saturated heterocycles. The molecular formula is C27H31NO5. The lowest BCUT2D eigenvalue weighted by Crippen LogP contribution is -2.55. The minimum Gasteiger partial charge on any atom is -0.455 e. The topological polar surface area (TPSA) is 107 Å². The predicted molar refractivity (Wildman–Crippen MR) is 124 cm³/mol. The van der Waals surface area contributed by atoms with E-state index in [1.54, 1.807) is 24.3 Å². The van der Waals surface area contributed by atoms with Crippen molar-refractivity contribution < 1.29 is 24.2 Å². The van der Waals surface area contributed by atoms with E-state index in [4.69, 9.17) is 10.5 Å². The molecule has 6 heteroatoms. The van der Waals surface area contributed by atoms with Gasteiger partial charge in [0.2, 0.25) is 0 Å². The largest absolute Gasteiger partial charge is 0.455 e. The summed E-state index contributed by atoms with van der Waals surface area (Å²) < 4.78 is 5.94. The van der Waals surface area contributed by atoms with Crippen LogP contribution in [0.1, 0.15) is 52.1 Å². The highest BCUT2D eigenvalue weighted by Crippen LogP contribution is 2.60. The summed E-state index contributed by atoms with van der Waals surface area (Å²) in [7, 11) is 0. The van der Waals surface area contributed by atoms with Crippen LogP contribution in [0.3, 0.4) is 0 Å². The summed E-state index contributed by atoms with van der Waals surface area (Å²) in [5.41, 5.74) is 7.52. The summed E-state index contributed by atoms with van der Waals surface area (Å²) in [6.07, 6.45) is 3.57. The number of hydrogen-bond donors (Lipinski definition) is 2. The average Bonchev–Trinajstić information content (AvgIpc) is 2.77. The van der Waals surface area contributed by atoms with Crippen molar-refractivity contribution >= 4 is 17.5 Å². The summed E-state index contributed by atoms with van der Waals surface area (Å²) in [6, 6.07) is 7.99. The third-order valence-electron chi connectivity index (χ3n) is 7.79. The first kappa shape index (κ1) is 23.3. The molecule has 0 heterocycles. The van der Waals surface area contributed by atoms with E-state index in [1.165, 1.54) is 12.2 Å². The van der Waals surface area contributed by atoms with Gasteiger partial charge >= 0.3 is 5.97 Å². The van der Waals surface area contributed by atoms with E-state index in [1.807, 2.05) is 39.8 Å². The van der Waals surface area contributed by atoms with Gasteiger partial charge in [0.25, 0.3) is 0 Å². The van der Waals surface area contributed by atoms with Crippen LogP contribution in [-0.2, 0) is 19.1 Å². The van der Waals surface area contributed by atoms with Crippen molar-refractivity contribution in [3.63, 3.8) is 0 Å². The maximum absolute atomic E-state index is 13.0. The van der Waals surface area contributed by atoms with Crippen molar-refractivity contribution in [2.45, 2.75) is 58.8 Å². The second kappa shape index (κ2) is 8.19. The van der Waals surface area contributed by atoms with Crippen molar-refractivity contribution in [2.75, 3.05) is 0 Å². The Morgan fingerprint density at radius 3 is 2.42 bits per heavy atom. The molecule has 1 aromatic carbocycles. The Morgan fingerprint density at radius 1 is 1.12 bits per heavy atom. The zero-order valence-corrected chi connectivity index (χ0v) is 19.5. The second-order valence-electron chi connectivity index (χ2n) is 10.3.